The van der Waals surface area contributed by atoms with E-state index in [1.165, 1.54) is 0 Å². The highest BCUT2D eigenvalue weighted by molar-refractivity contribution is 5.98. The highest BCUT2D eigenvalue weighted by Crippen LogP contribution is 2.30. The van der Waals surface area contributed by atoms with Crippen molar-refractivity contribution in [3.05, 3.63) is 28.8 Å². The van der Waals surface area contributed by atoms with Gasteiger partial charge >= 0.3 is 0 Å². The molecule has 0 aliphatic carbocycles. The summed E-state index contributed by atoms with van der Waals surface area (Å²) in [7, 11) is 1.57. The van der Waals surface area contributed by atoms with E-state index < -0.39 is 0 Å². The summed E-state index contributed by atoms with van der Waals surface area (Å²) in [5.74, 6) is 0.672. The Hall–Kier alpha value is -1.35. The summed E-state index contributed by atoms with van der Waals surface area (Å²) < 4.78 is 10.5. The van der Waals surface area contributed by atoms with E-state index in [-0.39, 0.29) is 5.78 Å². The van der Waals surface area contributed by atoms with Crippen LogP contribution in [0.1, 0.15) is 28.4 Å². The van der Waals surface area contributed by atoms with Crippen molar-refractivity contribution in [2.75, 3.05) is 7.11 Å². The number of hydrogen-bond donors (Lipinski definition) is 0. The van der Waals surface area contributed by atoms with E-state index >= 15 is 0 Å². The number of ketones is 1. The first-order chi connectivity index (χ1) is 6.74. The normalized spacial score (nSPS) is 13.9. The van der Waals surface area contributed by atoms with Crippen LogP contribution in [0.25, 0.3) is 0 Å². The van der Waals surface area contributed by atoms with Crippen LogP contribution in [0.15, 0.2) is 12.1 Å². The van der Waals surface area contributed by atoms with Crippen molar-refractivity contribution in [1.29, 1.82) is 0 Å². The third-order valence-corrected chi connectivity index (χ3v) is 2.45. The quantitative estimate of drug-likeness (QED) is 0.671. The van der Waals surface area contributed by atoms with Crippen molar-refractivity contribution in [2.24, 2.45) is 0 Å². The molecule has 0 bridgehead atoms. The first-order valence-electron chi connectivity index (χ1n) is 4.51. The molecule has 1 aliphatic heterocycles. The van der Waals surface area contributed by atoms with E-state index in [1.54, 1.807) is 14.0 Å². The number of Topliss-reactive ketones (excluding diaryl/α,β-unsaturated/α-hetero) is 1. The molecule has 0 amide bonds. The molecular weight excluding hydrogens is 180 g/mol. The lowest BCUT2D eigenvalue weighted by atomic mass is 10.00. The molecule has 1 aromatic carbocycles. The van der Waals surface area contributed by atoms with E-state index in [0.29, 0.717) is 24.5 Å². The minimum absolute atomic E-state index is 0.0317. The second-order valence-electron chi connectivity index (χ2n) is 3.33. The number of fused-ring (bicyclic) bond motifs is 1. The molecule has 1 aliphatic rings. The summed E-state index contributed by atoms with van der Waals surface area (Å²) in [5, 5.41) is 0. The molecule has 0 aromatic heterocycles. The Labute approximate surface area is 82.6 Å². The van der Waals surface area contributed by atoms with E-state index in [4.69, 9.17) is 9.47 Å². The number of methoxy groups -OCH3 is 1. The van der Waals surface area contributed by atoms with Crippen molar-refractivity contribution in [1.82, 2.24) is 0 Å². The van der Waals surface area contributed by atoms with Gasteiger partial charge in [0.15, 0.2) is 5.78 Å². The van der Waals surface area contributed by atoms with Crippen LogP contribution in [0, 0.1) is 0 Å². The van der Waals surface area contributed by atoms with Gasteiger partial charge in [0.05, 0.1) is 25.9 Å². The van der Waals surface area contributed by atoms with Gasteiger partial charge in [0, 0.05) is 0 Å². The van der Waals surface area contributed by atoms with Crippen LogP contribution in [-0.2, 0) is 18.0 Å². The molecule has 0 radical (unpaired) electrons. The number of hydrogen-bond acceptors (Lipinski definition) is 3. The molecule has 1 aromatic rings. The van der Waals surface area contributed by atoms with Crippen molar-refractivity contribution < 1.29 is 14.3 Å². The fourth-order valence-electron chi connectivity index (χ4n) is 1.79. The number of benzene rings is 1. The van der Waals surface area contributed by atoms with Gasteiger partial charge in [0.25, 0.3) is 0 Å². The van der Waals surface area contributed by atoms with Crippen molar-refractivity contribution in [2.45, 2.75) is 20.1 Å². The Morgan fingerprint density at radius 2 is 2.21 bits per heavy atom. The summed E-state index contributed by atoms with van der Waals surface area (Å²) in [5.41, 5.74) is 2.75. The van der Waals surface area contributed by atoms with E-state index in [2.05, 4.69) is 0 Å². The Morgan fingerprint density at radius 3 is 2.86 bits per heavy atom. The maximum absolute atomic E-state index is 11.4. The molecule has 0 saturated heterocycles. The second-order valence-corrected chi connectivity index (χ2v) is 3.33. The van der Waals surface area contributed by atoms with Crippen LogP contribution < -0.4 is 4.74 Å². The monoisotopic (exact) mass is 192 g/mol. The number of rotatable bonds is 2. The van der Waals surface area contributed by atoms with Gasteiger partial charge in [0.1, 0.15) is 5.75 Å². The van der Waals surface area contributed by atoms with Gasteiger partial charge in [-0.3, -0.25) is 4.79 Å². The first-order valence-corrected chi connectivity index (χ1v) is 4.51. The maximum atomic E-state index is 11.4. The molecule has 1 heterocycles. The standard InChI is InChI=1S/C11H12O3/c1-7(12)11-9-6-14-5-8(9)3-4-10(11)13-2/h3-4H,5-6H2,1-2H3. The average molecular weight is 192 g/mol. The Kier molecular flexibility index (Phi) is 2.25. The highest BCUT2D eigenvalue weighted by Gasteiger charge is 2.21. The average Bonchev–Trinajstić information content (AvgIpc) is 2.62. The fraction of sp³-hybridized carbons (Fsp3) is 0.364. The van der Waals surface area contributed by atoms with Crippen LogP contribution in [-0.4, -0.2) is 12.9 Å². The lowest BCUT2D eigenvalue weighted by Crippen LogP contribution is -2.02. The molecule has 0 saturated carbocycles. The molecular formula is C11H12O3. The summed E-state index contributed by atoms with van der Waals surface area (Å²) >= 11 is 0. The molecule has 2 rings (SSSR count). The van der Waals surface area contributed by atoms with Crippen molar-refractivity contribution in [3.63, 3.8) is 0 Å². The zero-order valence-corrected chi connectivity index (χ0v) is 8.29. The van der Waals surface area contributed by atoms with Gasteiger partial charge in [0.2, 0.25) is 0 Å². The SMILES string of the molecule is COc1ccc2c(c1C(C)=O)COC2. The van der Waals surface area contributed by atoms with Crippen LogP contribution >= 0.6 is 0 Å². The van der Waals surface area contributed by atoms with Crippen molar-refractivity contribution >= 4 is 5.78 Å². The molecule has 14 heavy (non-hydrogen) atoms. The zero-order valence-electron chi connectivity index (χ0n) is 8.29. The summed E-state index contributed by atoms with van der Waals surface area (Å²) in [4.78, 5) is 11.4. The minimum Gasteiger partial charge on any atom is -0.496 e. The van der Waals surface area contributed by atoms with E-state index in [1.807, 2.05) is 12.1 Å². The van der Waals surface area contributed by atoms with Crippen molar-refractivity contribution in [3.8, 4) is 5.75 Å². The van der Waals surface area contributed by atoms with Crippen LogP contribution in [0.5, 0.6) is 5.75 Å². The predicted octanol–water partition coefficient (Wildman–Crippen LogP) is 1.93. The molecule has 0 unspecified atom stereocenters. The molecule has 0 atom stereocenters. The summed E-state index contributed by atoms with van der Waals surface area (Å²) in [6.45, 7) is 2.66. The van der Waals surface area contributed by atoms with Gasteiger partial charge in [-0.1, -0.05) is 6.07 Å². The summed E-state index contributed by atoms with van der Waals surface area (Å²) in [6.07, 6.45) is 0. The van der Waals surface area contributed by atoms with Gasteiger partial charge in [-0.05, 0) is 24.1 Å². The highest BCUT2D eigenvalue weighted by atomic mass is 16.5. The molecule has 0 fully saturated rings. The Bertz CT molecular complexity index is 382. The largest absolute Gasteiger partial charge is 0.496 e. The lowest BCUT2D eigenvalue weighted by molar-refractivity contribution is 0.100. The third-order valence-electron chi connectivity index (χ3n) is 2.45. The predicted molar refractivity (Wildman–Crippen MR) is 51.5 cm³/mol. The zero-order chi connectivity index (χ0) is 10.1. The lowest BCUT2D eigenvalue weighted by Gasteiger charge is -2.09. The summed E-state index contributed by atoms with van der Waals surface area (Å²) in [6, 6.07) is 3.78. The topological polar surface area (TPSA) is 35.5 Å². The molecule has 74 valence electrons. The van der Waals surface area contributed by atoms with Crippen LogP contribution in [0.3, 0.4) is 0 Å². The maximum Gasteiger partial charge on any atom is 0.163 e. The third kappa shape index (κ3) is 1.30. The van der Waals surface area contributed by atoms with Gasteiger partial charge in [-0.15, -0.1) is 0 Å². The number of carbonyl (C=O) groups is 1. The van der Waals surface area contributed by atoms with Crippen LogP contribution in [0.4, 0.5) is 0 Å². The fourth-order valence-corrected chi connectivity index (χ4v) is 1.79. The molecule has 0 N–H and O–H groups in total. The number of ether oxygens (including phenoxy) is 2. The minimum atomic E-state index is 0.0317. The molecule has 0 spiro atoms. The number of carbonyl (C=O) groups excluding carboxylic acids is 1. The first kappa shape index (κ1) is 9.21. The second kappa shape index (κ2) is 3.42. The van der Waals surface area contributed by atoms with Gasteiger partial charge in [-0.2, -0.15) is 0 Å². The molecule has 3 nitrogen and oxygen atoms in total. The van der Waals surface area contributed by atoms with E-state index in [0.717, 1.165) is 11.1 Å². The van der Waals surface area contributed by atoms with Gasteiger partial charge in [-0.25, -0.2) is 0 Å². The van der Waals surface area contributed by atoms with Crippen LogP contribution in [0.2, 0.25) is 0 Å². The Balaban J connectivity index is 2.62. The Morgan fingerprint density at radius 1 is 1.43 bits per heavy atom. The van der Waals surface area contributed by atoms with E-state index in [9.17, 15) is 4.79 Å². The smallest absolute Gasteiger partial charge is 0.163 e. The molecule has 3 heteroatoms. The van der Waals surface area contributed by atoms with Gasteiger partial charge < -0.3 is 9.47 Å².